The van der Waals surface area contributed by atoms with Gasteiger partial charge in [0.25, 0.3) is 0 Å². The number of hydrogen-bond donors (Lipinski definition) is 0. The first kappa shape index (κ1) is 16.3. The molecule has 0 aromatic heterocycles. The van der Waals surface area contributed by atoms with Crippen LogP contribution in [0.2, 0.25) is 5.02 Å². The molecule has 0 unspecified atom stereocenters. The summed E-state index contributed by atoms with van der Waals surface area (Å²) in [5.41, 5.74) is -1.19. The smallest absolute Gasteiger partial charge is 0.465 e. The molecule has 0 amide bonds. The minimum atomic E-state index is -0.865. The minimum Gasteiger partial charge on any atom is -0.465 e. The third-order valence-corrected chi connectivity index (χ3v) is 4.32. The molecule has 0 aliphatic carbocycles. The van der Waals surface area contributed by atoms with E-state index in [1.807, 2.05) is 27.7 Å². The predicted octanol–water partition coefficient (Wildman–Crippen LogP) is 2.56. The van der Waals surface area contributed by atoms with Crippen molar-refractivity contribution in [2.24, 2.45) is 0 Å². The van der Waals surface area contributed by atoms with Crippen LogP contribution in [-0.4, -0.2) is 31.4 Å². The molecular weight excluding hydrogens is 297 g/mol. The second kappa shape index (κ2) is 5.27. The van der Waals surface area contributed by atoms with Crippen LogP contribution in [0.5, 0.6) is 0 Å². The first-order chi connectivity index (χ1) is 9.60. The van der Waals surface area contributed by atoms with E-state index in [0.717, 1.165) is 0 Å². The Morgan fingerprint density at radius 1 is 1.24 bits per heavy atom. The van der Waals surface area contributed by atoms with Crippen LogP contribution in [0.1, 0.15) is 38.1 Å². The highest BCUT2D eigenvalue weighted by Crippen LogP contribution is 2.37. The molecule has 1 fully saturated rings. The van der Waals surface area contributed by atoms with Crippen LogP contribution in [0.4, 0.5) is 4.39 Å². The van der Waals surface area contributed by atoms with E-state index in [2.05, 4.69) is 4.74 Å². The van der Waals surface area contributed by atoms with E-state index in [9.17, 15) is 9.18 Å². The lowest BCUT2D eigenvalue weighted by atomic mass is 9.75. The predicted molar refractivity (Wildman–Crippen MR) is 78.5 cm³/mol. The average molecular weight is 315 g/mol. The van der Waals surface area contributed by atoms with Gasteiger partial charge in [-0.3, -0.25) is 0 Å². The average Bonchev–Trinajstić information content (AvgIpc) is 2.60. The van der Waals surface area contributed by atoms with Crippen molar-refractivity contribution in [3.8, 4) is 0 Å². The molecule has 1 aliphatic rings. The zero-order valence-corrected chi connectivity index (χ0v) is 13.4. The molecule has 0 atom stereocenters. The van der Waals surface area contributed by atoms with Crippen molar-refractivity contribution in [2.75, 3.05) is 7.11 Å². The fourth-order valence-electron chi connectivity index (χ4n) is 2.04. The van der Waals surface area contributed by atoms with E-state index in [1.165, 1.54) is 19.2 Å². The minimum absolute atomic E-state index is 0.157. The molecule has 1 saturated heterocycles. The van der Waals surface area contributed by atoms with Crippen LogP contribution < -0.4 is 5.46 Å². The molecule has 1 heterocycles. The number of hydrogen-bond acceptors (Lipinski definition) is 4. The molecule has 7 heteroatoms. The van der Waals surface area contributed by atoms with Crippen molar-refractivity contribution in [1.29, 1.82) is 0 Å². The summed E-state index contributed by atoms with van der Waals surface area (Å²) < 4.78 is 30.5. The van der Waals surface area contributed by atoms with E-state index >= 15 is 0 Å². The van der Waals surface area contributed by atoms with Crippen LogP contribution in [-0.2, 0) is 14.0 Å². The standard InChI is InChI=1S/C14H17BClFO4/c1-13(2)14(3,4)21-15(20-13)8-6-7-9(16)11(17)10(8)12(18)19-5/h6-7H,1-5H3. The third-order valence-electron chi connectivity index (χ3n) is 4.02. The molecule has 0 spiro atoms. The molecule has 4 nitrogen and oxygen atoms in total. The molecule has 1 aliphatic heterocycles. The van der Waals surface area contributed by atoms with Gasteiger partial charge in [-0.05, 0) is 33.8 Å². The van der Waals surface area contributed by atoms with Gasteiger partial charge < -0.3 is 14.0 Å². The zero-order chi connectivity index (χ0) is 16.0. The molecule has 0 bridgehead atoms. The summed E-state index contributed by atoms with van der Waals surface area (Å²) in [7, 11) is 0.312. The largest absolute Gasteiger partial charge is 0.495 e. The topological polar surface area (TPSA) is 44.8 Å². The van der Waals surface area contributed by atoms with Crippen molar-refractivity contribution in [2.45, 2.75) is 38.9 Å². The van der Waals surface area contributed by atoms with Gasteiger partial charge in [-0.1, -0.05) is 17.7 Å². The van der Waals surface area contributed by atoms with Crippen LogP contribution in [0.3, 0.4) is 0 Å². The molecule has 0 radical (unpaired) electrons. The Balaban J connectivity index is 2.51. The van der Waals surface area contributed by atoms with Gasteiger partial charge in [-0.2, -0.15) is 0 Å². The van der Waals surface area contributed by atoms with Crippen molar-refractivity contribution < 1.29 is 23.2 Å². The Morgan fingerprint density at radius 3 is 2.24 bits per heavy atom. The van der Waals surface area contributed by atoms with Crippen LogP contribution in [0.15, 0.2) is 12.1 Å². The maximum absolute atomic E-state index is 14.2. The molecule has 1 aromatic rings. The summed E-state index contributed by atoms with van der Waals surface area (Å²) in [6.07, 6.45) is 0. The highest BCUT2D eigenvalue weighted by atomic mass is 35.5. The summed E-state index contributed by atoms with van der Waals surface area (Å²) in [6, 6.07) is 2.88. The molecule has 0 N–H and O–H groups in total. The number of halogens is 2. The van der Waals surface area contributed by atoms with E-state index in [4.69, 9.17) is 20.9 Å². The van der Waals surface area contributed by atoms with Gasteiger partial charge in [0.1, 0.15) is 0 Å². The van der Waals surface area contributed by atoms with E-state index in [1.54, 1.807) is 0 Å². The Bertz CT molecular complexity index is 573. The molecule has 0 saturated carbocycles. The van der Waals surface area contributed by atoms with Crippen molar-refractivity contribution in [3.05, 3.63) is 28.5 Å². The molecule has 114 valence electrons. The maximum Gasteiger partial charge on any atom is 0.495 e. The van der Waals surface area contributed by atoms with Crippen molar-refractivity contribution >= 4 is 30.2 Å². The Kier molecular flexibility index (Phi) is 4.08. The van der Waals surface area contributed by atoms with Gasteiger partial charge in [0.2, 0.25) is 0 Å². The quantitative estimate of drug-likeness (QED) is 0.622. The molecule has 2 rings (SSSR count). The number of benzene rings is 1. The second-order valence-electron chi connectivity index (χ2n) is 5.91. The highest BCUT2D eigenvalue weighted by molar-refractivity contribution is 6.63. The first-order valence-corrected chi connectivity index (χ1v) is 6.90. The Hall–Kier alpha value is -1.11. The lowest BCUT2D eigenvalue weighted by Crippen LogP contribution is -2.41. The van der Waals surface area contributed by atoms with Crippen LogP contribution in [0.25, 0.3) is 0 Å². The van der Waals surface area contributed by atoms with Gasteiger partial charge >= 0.3 is 13.1 Å². The summed E-state index contributed by atoms with van der Waals surface area (Å²) in [5, 5.41) is -0.157. The normalized spacial score (nSPS) is 19.7. The number of ether oxygens (including phenoxy) is 1. The van der Waals surface area contributed by atoms with Crippen LogP contribution in [0, 0.1) is 5.82 Å². The van der Waals surface area contributed by atoms with Gasteiger partial charge in [0, 0.05) is 5.46 Å². The third kappa shape index (κ3) is 2.68. The van der Waals surface area contributed by atoms with E-state index in [-0.39, 0.29) is 16.0 Å². The maximum atomic E-state index is 14.2. The highest BCUT2D eigenvalue weighted by Gasteiger charge is 2.52. The van der Waals surface area contributed by atoms with Crippen LogP contribution >= 0.6 is 11.6 Å². The number of carbonyl (C=O) groups excluding carboxylic acids is 1. The fraction of sp³-hybridized carbons (Fsp3) is 0.500. The summed E-state index contributed by atoms with van der Waals surface area (Å²) in [6.45, 7) is 7.49. The number of methoxy groups -OCH3 is 1. The molecule has 21 heavy (non-hydrogen) atoms. The summed E-state index contributed by atoms with van der Waals surface area (Å²) >= 11 is 5.74. The van der Waals surface area contributed by atoms with Gasteiger partial charge in [0.15, 0.2) is 5.82 Å². The molecular formula is C14H17BClFO4. The Morgan fingerprint density at radius 2 is 1.76 bits per heavy atom. The van der Waals surface area contributed by atoms with Gasteiger partial charge in [-0.15, -0.1) is 0 Å². The van der Waals surface area contributed by atoms with Gasteiger partial charge in [-0.25, -0.2) is 9.18 Å². The SMILES string of the molecule is COC(=O)c1c(B2OC(C)(C)C(C)(C)O2)ccc(Cl)c1F. The monoisotopic (exact) mass is 314 g/mol. The van der Waals surface area contributed by atoms with E-state index < -0.39 is 30.1 Å². The van der Waals surface area contributed by atoms with Gasteiger partial charge in [0.05, 0.1) is 28.9 Å². The second-order valence-corrected chi connectivity index (χ2v) is 6.31. The summed E-state index contributed by atoms with van der Waals surface area (Å²) in [4.78, 5) is 11.9. The van der Waals surface area contributed by atoms with Crippen molar-refractivity contribution in [1.82, 2.24) is 0 Å². The molecule has 1 aromatic carbocycles. The zero-order valence-electron chi connectivity index (χ0n) is 12.6. The fourth-order valence-corrected chi connectivity index (χ4v) is 2.20. The number of carbonyl (C=O) groups is 1. The van der Waals surface area contributed by atoms with E-state index in [0.29, 0.717) is 0 Å². The first-order valence-electron chi connectivity index (χ1n) is 6.52. The number of esters is 1. The Labute approximate surface area is 128 Å². The number of rotatable bonds is 2. The van der Waals surface area contributed by atoms with Crippen molar-refractivity contribution in [3.63, 3.8) is 0 Å². The summed E-state index contributed by atoms with van der Waals surface area (Å²) in [5.74, 6) is -1.66. The lowest BCUT2D eigenvalue weighted by molar-refractivity contribution is 0.00578. The lowest BCUT2D eigenvalue weighted by Gasteiger charge is -2.32.